The van der Waals surface area contributed by atoms with Gasteiger partial charge in [0, 0.05) is 5.75 Å². The van der Waals surface area contributed by atoms with Crippen LogP contribution in [0.2, 0.25) is 0 Å². The Kier molecular flexibility index (Phi) is 3.97. The minimum absolute atomic E-state index is 0.814. The summed E-state index contributed by atoms with van der Waals surface area (Å²) in [7, 11) is 0. The molecule has 0 unspecified atom stereocenters. The minimum Gasteiger partial charge on any atom is -0.0751 e. The fourth-order valence-electron chi connectivity index (χ4n) is 0.722. The Labute approximate surface area is 81.8 Å². The van der Waals surface area contributed by atoms with Gasteiger partial charge >= 0.3 is 0 Å². The lowest BCUT2D eigenvalue weighted by Crippen LogP contribution is -1.81. The highest BCUT2D eigenvalue weighted by Crippen LogP contribution is 2.13. The molecule has 58 valence electrons. The molecular weight excluding hydrogens is 192 g/mol. The highest BCUT2D eigenvalue weighted by atomic mass is 32.2. The van der Waals surface area contributed by atoms with E-state index >= 15 is 0 Å². The molecule has 0 heterocycles. The van der Waals surface area contributed by atoms with Crippen LogP contribution in [0.5, 0.6) is 0 Å². The summed E-state index contributed by atoms with van der Waals surface area (Å²) < 4.78 is 0.814. The van der Waals surface area contributed by atoms with Crippen molar-refractivity contribution in [1.82, 2.24) is 0 Å². The molecule has 0 spiro atoms. The number of hydrogen-bond acceptors (Lipinski definition) is 1. The lowest BCUT2D eigenvalue weighted by Gasteiger charge is -1.94. The molecule has 0 N–H and O–H groups in total. The Morgan fingerprint density at radius 2 is 2.00 bits per heavy atom. The molecule has 0 aliphatic rings. The van der Waals surface area contributed by atoms with E-state index in [4.69, 9.17) is 0 Å². The van der Waals surface area contributed by atoms with Crippen LogP contribution in [0.4, 0.5) is 0 Å². The molecule has 3 heteroatoms. The van der Waals surface area contributed by atoms with Crippen LogP contribution in [0.1, 0.15) is 5.56 Å². The molecule has 0 fully saturated rings. The van der Waals surface area contributed by atoms with Crippen molar-refractivity contribution >= 4 is 40.1 Å². The van der Waals surface area contributed by atoms with E-state index in [-0.39, 0.29) is 0 Å². The number of rotatable bonds is 2. The third-order valence-electron chi connectivity index (χ3n) is 1.21. The molecule has 0 aliphatic heterocycles. The molecule has 0 aromatic heterocycles. The van der Waals surface area contributed by atoms with Gasteiger partial charge in [-0.3, -0.25) is 0 Å². The van der Waals surface area contributed by atoms with E-state index in [9.17, 15) is 0 Å². The third kappa shape index (κ3) is 3.79. The fourth-order valence-corrected chi connectivity index (χ4v) is 1.60. The maximum atomic E-state index is 4.07. The van der Waals surface area contributed by atoms with Crippen molar-refractivity contribution in [3.63, 3.8) is 0 Å². The van der Waals surface area contributed by atoms with Gasteiger partial charge in [0.2, 0.25) is 0 Å². The summed E-state index contributed by atoms with van der Waals surface area (Å²) in [6.07, 6.45) is 0. The summed E-state index contributed by atoms with van der Waals surface area (Å²) in [5.41, 5.74) is 1.30. The SMILES string of the molecule is SC(=[SH+])SCc1ccccc1. The van der Waals surface area contributed by atoms with Gasteiger partial charge < -0.3 is 0 Å². The molecule has 0 aliphatic carbocycles. The van der Waals surface area contributed by atoms with Crippen LogP contribution in [0, 0.1) is 0 Å². The Morgan fingerprint density at radius 1 is 1.36 bits per heavy atom. The quantitative estimate of drug-likeness (QED) is 0.435. The molecule has 0 nitrogen and oxygen atoms in total. The van der Waals surface area contributed by atoms with Crippen LogP contribution >= 0.6 is 24.4 Å². The van der Waals surface area contributed by atoms with Gasteiger partial charge in [0.05, 0.1) is 0 Å². The Bertz CT molecular complexity index is 230. The second kappa shape index (κ2) is 4.80. The first-order valence-corrected chi connectivity index (χ1v) is 5.08. The largest absolute Gasteiger partial charge is 0.286 e. The molecule has 1 rings (SSSR count). The summed E-state index contributed by atoms with van der Waals surface area (Å²) in [6, 6.07) is 10.3. The van der Waals surface area contributed by atoms with Crippen molar-refractivity contribution in [3.8, 4) is 0 Å². The van der Waals surface area contributed by atoms with Crippen LogP contribution in [0.15, 0.2) is 30.3 Å². The normalized spacial score (nSPS) is 9.55. The first-order chi connectivity index (χ1) is 5.29. The lowest BCUT2D eigenvalue weighted by molar-refractivity contribution is 1.43. The zero-order valence-electron chi connectivity index (χ0n) is 5.90. The van der Waals surface area contributed by atoms with Gasteiger partial charge in [0.15, 0.2) is 12.2 Å². The fraction of sp³-hybridized carbons (Fsp3) is 0.125. The number of benzene rings is 1. The van der Waals surface area contributed by atoms with Gasteiger partial charge in [-0.15, -0.1) is 0 Å². The van der Waals surface area contributed by atoms with Crippen LogP contribution in [-0.4, -0.2) is 3.53 Å². The van der Waals surface area contributed by atoms with E-state index in [1.807, 2.05) is 18.2 Å². The third-order valence-corrected chi connectivity index (χ3v) is 2.72. The predicted octanol–water partition coefficient (Wildman–Crippen LogP) is 2.22. The first-order valence-electron chi connectivity index (χ1n) is 3.20. The van der Waals surface area contributed by atoms with Crippen LogP contribution in [0.25, 0.3) is 0 Å². The van der Waals surface area contributed by atoms with Crippen molar-refractivity contribution in [3.05, 3.63) is 35.9 Å². The van der Waals surface area contributed by atoms with Crippen molar-refractivity contribution in [2.24, 2.45) is 0 Å². The Morgan fingerprint density at radius 3 is 2.55 bits per heavy atom. The van der Waals surface area contributed by atoms with Gasteiger partial charge in [-0.05, 0) is 5.56 Å². The van der Waals surface area contributed by atoms with Crippen molar-refractivity contribution in [1.29, 1.82) is 0 Å². The zero-order chi connectivity index (χ0) is 8.10. The van der Waals surface area contributed by atoms with E-state index in [0.717, 1.165) is 9.28 Å². The summed E-state index contributed by atoms with van der Waals surface area (Å²) in [5, 5.41) is 0. The molecule has 0 saturated heterocycles. The molecule has 11 heavy (non-hydrogen) atoms. The van der Waals surface area contributed by atoms with Crippen molar-refractivity contribution in [2.45, 2.75) is 5.75 Å². The standard InChI is InChI=1S/C8H8S3/c9-8(10)11-6-7-4-2-1-3-5-7/h1-5H,6H2,(H,9,10)/p+1. The average molecular weight is 201 g/mol. The van der Waals surface area contributed by atoms with E-state index in [0.29, 0.717) is 0 Å². The van der Waals surface area contributed by atoms with E-state index in [1.54, 1.807) is 11.8 Å². The molecule has 0 atom stereocenters. The maximum absolute atomic E-state index is 4.07. The smallest absolute Gasteiger partial charge is 0.0751 e. The zero-order valence-corrected chi connectivity index (χ0v) is 8.50. The highest BCUT2D eigenvalue weighted by Gasteiger charge is 1.98. The summed E-state index contributed by atoms with van der Waals surface area (Å²) in [5.74, 6) is 0.948. The molecule has 0 radical (unpaired) electrons. The first kappa shape index (κ1) is 9.10. The van der Waals surface area contributed by atoms with Crippen molar-refractivity contribution in [2.75, 3.05) is 0 Å². The topological polar surface area (TPSA) is 0 Å². The minimum atomic E-state index is 0.814. The second-order valence-electron chi connectivity index (χ2n) is 2.06. The van der Waals surface area contributed by atoms with E-state index in [1.165, 1.54) is 5.56 Å². The number of thioether (sulfide) groups is 1. The summed E-state index contributed by atoms with van der Waals surface area (Å²) in [6.45, 7) is 0. The van der Waals surface area contributed by atoms with Crippen molar-refractivity contribution < 1.29 is 0 Å². The number of hydrogen-bond donors (Lipinski definition) is 1. The molecule has 0 bridgehead atoms. The second-order valence-corrected chi connectivity index (χ2v) is 4.89. The molecule has 1 aromatic carbocycles. The molecular formula is C8H9S3+. The van der Waals surface area contributed by atoms with Crippen LogP contribution in [-0.2, 0) is 18.0 Å². The predicted molar refractivity (Wildman–Crippen MR) is 60.5 cm³/mol. The lowest BCUT2D eigenvalue weighted by atomic mass is 10.2. The van der Waals surface area contributed by atoms with Gasteiger partial charge in [-0.25, -0.2) is 0 Å². The van der Waals surface area contributed by atoms with Crippen LogP contribution < -0.4 is 0 Å². The van der Waals surface area contributed by atoms with Gasteiger partial charge in [-0.1, -0.05) is 54.7 Å². The van der Waals surface area contributed by atoms with Crippen LogP contribution in [0.3, 0.4) is 0 Å². The Hall–Kier alpha value is 0.01000. The van der Waals surface area contributed by atoms with E-state index in [2.05, 4.69) is 37.0 Å². The summed E-state index contributed by atoms with van der Waals surface area (Å²) >= 11 is 9.77. The van der Waals surface area contributed by atoms with E-state index < -0.39 is 0 Å². The highest BCUT2D eigenvalue weighted by molar-refractivity contribution is 8.39. The summed E-state index contributed by atoms with van der Waals surface area (Å²) in [4.78, 5) is 0. The molecule has 0 amide bonds. The average Bonchev–Trinajstić information content (AvgIpc) is 2.03. The monoisotopic (exact) mass is 201 g/mol. The van der Waals surface area contributed by atoms with Gasteiger partial charge in [0.25, 0.3) is 3.53 Å². The maximum Gasteiger partial charge on any atom is 0.286 e. The molecule has 1 aromatic rings. The number of thiol groups is 2. The van der Waals surface area contributed by atoms with Gasteiger partial charge in [0.1, 0.15) is 0 Å². The molecule has 0 saturated carbocycles. The van der Waals surface area contributed by atoms with Gasteiger partial charge in [-0.2, -0.15) is 0 Å². The Balaban J connectivity index is 2.45.